The van der Waals surface area contributed by atoms with Crippen molar-refractivity contribution in [2.45, 2.75) is 6.54 Å². The van der Waals surface area contributed by atoms with Crippen LogP contribution in [0.4, 0.5) is 0 Å². The van der Waals surface area contributed by atoms with Crippen LogP contribution in [0.15, 0.2) is 29.6 Å². The molecule has 0 atom stereocenters. The molecule has 1 amide bonds. The number of hydrogen-bond acceptors (Lipinski definition) is 2. The third-order valence-corrected chi connectivity index (χ3v) is 3.41. The molecule has 0 saturated heterocycles. The molecule has 4 heteroatoms. The number of fused-ring (bicyclic) bond motifs is 1. The number of rotatable bonds is 3. The molecule has 1 aromatic heterocycles. The molecule has 0 spiro atoms. The average molecular weight is 240 g/mol. The monoisotopic (exact) mass is 239 g/mol. The molecule has 0 radical (unpaired) electrons. The van der Waals surface area contributed by atoms with Crippen LogP contribution >= 0.6 is 22.9 Å². The molecule has 15 heavy (non-hydrogen) atoms. The van der Waals surface area contributed by atoms with Crippen LogP contribution < -0.4 is 5.32 Å². The van der Waals surface area contributed by atoms with Crippen LogP contribution in [0.25, 0.3) is 10.1 Å². The van der Waals surface area contributed by atoms with Gasteiger partial charge in [-0.05, 0) is 22.4 Å². The predicted molar refractivity (Wildman–Crippen MR) is 64.4 cm³/mol. The number of benzene rings is 1. The third kappa shape index (κ3) is 2.30. The van der Waals surface area contributed by atoms with E-state index in [4.69, 9.17) is 11.6 Å². The summed E-state index contributed by atoms with van der Waals surface area (Å²) in [5.74, 6) is -0.117. The molecule has 1 aromatic carbocycles. The zero-order valence-corrected chi connectivity index (χ0v) is 9.57. The highest BCUT2D eigenvalue weighted by atomic mass is 35.5. The quantitative estimate of drug-likeness (QED) is 0.820. The molecule has 0 aliphatic carbocycles. The third-order valence-electron chi connectivity index (χ3n) is 2.16. The molecule has 1 N–H and O–H groups in total. The first-order valence-corrected chi connectivity index (χ1v) is 6.00. The summed E-state index contributed by atoms with van der Waals surface area (Å²) in [6.07, 6.45) is 0. The number of halogens is 1. The lowest BCUT2D eigenvalue weighted by Crippen LogP contribution is -2.23. The summed E-state index contributed by atoms with van der Waals surface area (Å²) in [5.41, 5.74) is 1.15. The highest BCUT2D eigenvalue weighted by molar-refractivity contribution is 7.17. The second kappa shape index (κ2) is 4.64. The number of thiophene rings is 1. The Kier molecular flexibility index (Phi) is 3.23. The highest BCUT2D eigenvalue weighted by Gasteiger charge is 2.04. The number of amides is 1. The maximum atomic E-state index is 11.0. The average Bonchev–Trinajstić information content (AvgIpc) is 2.69. The smallest absolute Gasteiger partial charge is 0.235 e. The molecular weight excluding hydrogens is 230 g/mol. The molecular formula is C11H10ClNOS. The lowest BCUT2D eigenvalue weighted by Gasteiger charge is -2.01. The van der Waals surface area contributed by atoms with Crippen LogP contribution in [0.5, 0.6) is 0 Å². The zero-order valence-electron chi connectivity index (χ0n) is 8.00. The van der Waals surface area contributed by atoms with E-state index in [0.29, 0.717) is 6.54 Å². The van der Waals surface area contributed by atoms with Gasteiger partial charge in [-0.15, -0.1) is 22.9 Å². The minimum absolute atomic E-state index is 0.0159. The fourth-order valence-electron chi connectivity index (χ4n) is 1.41. The highest BCUT2D eigenvalue weighted by Crippen LogP contribution is 2.25. The molecule has 78 valence electrons. The van der Waals surface area contributed by atoms with Gasteiger partial charge in [-0.2, -0.15) is 0 Å². The molecule has 1 heterocycles. The molecule has 0 unspecified atom stereocenters. The van der Waals surface area contributed by atoms with Crippen LogP contribution in [0, 0.1) is 0 Å². The van der Waals surface area contributed by atoms with E-state index in [1.165, 1.54) is 10.1 Å². The maximum absolute atomic E-state index is 11.0. The zero-order chi connectivity index (χ0) is 10.7. The molecule has 0 bridgehead atoms. The SMILES string of the molecule is O=C(CCl)NCc1csc2ccccc12. The van der Waals surface area contributed by atoms with Crippen molar-refractivity contribution in [3.8, 4) is 0 Å². The van der Waals surface area contributed by atoms with Gasteiger partial charge in [-0.25, -0.2) is 0 Å². The second-order valence-electron chi connectivity index (χ2n) is 3.17. The molecule has 0 fully saturated rings. The number of carbonyl (C=O) groups is 1. The van der Waals surface area contributed by atoms with Crippen LogP contribution in [0.3, 0.4) is 0 Å². The van der Waals surface area contributed by atoms with Crippen molar-refractivity contribution in [1.82, 2.24) is 5.32 Å². The molecule has 2 aromatic rings. The Labute approximate surface area is 96.9 Å². The van der Waals surface area contributed by atoms with Gasteiger partial charge in [0.15, 0.2) is 0 Å². The van der Waals surface area contributed by atoms with E-state index in [2.05, 4.69) is 22.8 Å². The standard InChI is InChI=1S/C11H10ClNOS/c12-5-11(14)13-6-8-7-15-10-4-2-1-3-9(8)10/h1-4,7H,5-6H2,(H,13,14). The van der Waals surface area contributed by atoms with E-state index in [1.807, 2.05) is 12.1 Å². The number of nitrogens with one attached hydrogen (secondary N) is 1. The first-order valence-electron chi connectivity index (χ1n) is 4.59. The van der Waals surface area contributed by atoms with Gasteiger partial charge in [0.05, 0.1) is 0 Å². The van der Waals surface area contributed by atoms with Crippen molar-refractivity contribution in [3.63, 3.8) is 0 Å². The summed E-state index contributed by atoms with van der Waals surface area (Å²) in [4.78, 5) is 11.0. The van der Waals surface area contributed by atoms with E-state index in [0.717, 1.165) is 5.56 Å². The van der Waals surface area contributed by atoms with E-state index >= 15 is 0 Å². The Balaban J connectivity index is 2.18. The fourth-order valence-corrected chi connectivity index (χ4v) is 2.47. The van der Waals surface area contributed by atoms with Gasteiger partial charge in [0.25, 0.3) is 0 Å². The predicted octanol–water partition coefficient (Wildman–Crippen LogP) is 2.76. The molecule has 0 aliphatic rings. The second-order valence-corrected chi connectivity index (χ2v) is 4.35. The summed E-state index contributed by atoms with van der Waals surface area (Å²) in [5, 5.41) is 6.04. The summed E-state index contributed by atoms with van der Waals surface area (Å²) in [7, 11) is 0. The minimum Gasteiger partial charge on any atom is -0.351 e. The molecule has 2 nitrogen and oxygen atoms in total. The van der Waals surface area contributed by atoms with Crippen LogP contribution in [0.2, 0.25) is 0 Å². The van der Waals surface area contributed by atoms with E-state index in [1.54, 1.807) is 11.3 Å². The number of alkyl halides is 1. The van der Waals surface area contributed by atoms with Crippen LogP contribution in [-0.2, 0) is 11.3 Å². The van der Waals surface area contributed by atoms with E-state index in [-0.39, 0.29) is 11.8 Å². The topological polar surface area (TPSA) is 29.1 Å². The lowest BCUT2D eigenvalue weighted by molar-refractivity contribution is -0.118. The van der Waals surface area contributed by atoms with Crippen molar-refractivity contribution >= 4 is 38.9 Å². The van der Waals surface area contributed by atoms with Gasteiger partial charge in [0.2, 0.25) is 5.91 Å². The summed E-state index contributed by atoms with van der Waals surface area (Å²) in [6.45, 7) is 0.551. The molecule has 0 saturated carbocycles. The number of hydrogen-bond donors (Lipinski definition) is 1. The summed E-state index contributed by atoms with van der Waals surface area (Å²) in [6, 6.07) is 8.16. The van der Waals surface area contributed by atoms with Crippen molar-refractivity contribution in [2.24, 2.45) is 0 Å². The largest absolute Gasteiger partial charge is 0.351 e. The van der Waals surface area contributed by atoms with Crippen molar-refractivity contribution in [2.75, 3.05) is 5.88 Å². The Morgan fingerprint density at radius 1 is 1.40 bits per heavy atom. The van der Waals surface area contributed by atoms with Crippen molar-refractivity contribution < 1.29 is 4.79 Å². The Bertz CT molecular complexity index is 480. The fraction of sp³-hybridized carbons (Fsp3) is 0.182. The lowest BCUT2D eigenvalue weighted by atomic mass is 10.2. The first kappa shape index (κ1) is 10.5. The van der Waals surface area contributed by atoms with Gasteiger partial charge in [0, 0.05) is 11.2 Å². The summed E-state index contributed by atoms with van der Waals surface area (Å²) >= 11 is 7.09. The van der Waals surface area contributed by atoms with Gasteiger partial charge < -0.3 is 5.32 Å². The van der Waals surface area contributed by atoms with Crippen molar-refractivity contribution in [1.29, 1.82) is 0 Å². The Morgan fingerprint density at radius 3 is 3.00 bits per heavy atom. The maximum Gasteiger partial charge on any atom is 0.235 e. The van der Waals surface area contributed by atoms with Crippen LogP contribution in [-0.4, -0.2) is 11.8 Å². The molecule has 0 aliphatic heterocycles. The van der Waals surface area contributed by atoms with Gasteiger partial charge in [0.1, 0.15) is 5.88 Å². The van der Waals surface area contributed by atoms with Gasteiger partial charge >= 0.3 is 0 Å². The van der Waals surface area contributed by atoms with Crippen molar-refractivity contribution in [3.05, 3.63) is 35.2 Å². The first-order chi connectivity index (χ1) is 7.31. The van der Waals surface area contributed by atoms with Gasteiger partial charge in [-0.1, -0.05) is 18.2 Å². The molecule has 2 rings (SSSR count). The minimum atomic E-state index is -0.132. The van der Waals surface area contributed by atoms with Gasteiger partial charge in [-0.3, -0.25) is 4.79 Å². The number of carbonyl (C=O) groups excluding carboxylic acids is 1. The van der Waals surface area contributed by atoms with E-state index < -0.39 is 0 Å². The Morgan fingerprint density at radius 2 is 2.20 bits per heavy atom. The Hall–Kier alpha value is -1.06. The van der Waals surface area contributed by atoms with Crippen LogP contribution in [0.1, 0.15) is 5.56 Å². The normalized spacial score (nSPS) is 10.5. The summed E-state index contributed by atoms with van der Waals surface area (Å²) < 4.78 is 1.24. The van der Waals surface area contributed by atoms with E-state index in [9.17, 15) is 4.79 Å².